The zero-order valence-electron chi connectivity index (χ0n) is 11.2. The second-order valence-electron chi connectivity index (χ2n) is 6.93. The summed E-state index contributed by atoms with van der Waals surface area (Å²) in [6.45, 7) is 9.03. The lowest BCUT2D eigenvalue weighted by atomic mass is 9.70. The van der Waals surface area contributed by atoms with Crippen LogP contribution in [0.5, 0.6) is 0 Å². The first-order valence-electron chi connectivity index (χ1n) is 6.55. The van der Waals surface area contributed by atoms with Crippen molar-refractivity contribution >= 4 is 0 Å². The molecule has 0 unspecified atom stereocenters. The van der Waals surface area contributed by atoms with Crippen molar-refractivity contribution in [1.29, 1.82) is 0 Å². The third-order valence-electron chi connectivity index (χ3n) is 4.21. The van der Waals surface area contributed by atoms with Crippen molar-refractivity contribution < 1.29 is 8.78 Å². The lowest BCUT2D eigenvalue weighted by Crippen LogP contribution is -2.69. The summed E-state index contributed by atoms with van der Waals surface area (Å²) in [4.78, 5) is 1.94. The quantitative estimate of drug-likeness (QED) is 0.804. The SMILES string of the molecule is CC(C)(C)CCN1CCC2(CNC2)C(F)(F)C1. The molecule has 0 aliphatic carbocycles. The summed E-state index contributed by atoms with van der Waals surface area (Å²) < 4.78 is 28.2. The van der Waals surface area contributed by atoms with Gasteiger partial charge >= 0.3 is 0 Å². The first-order chi connectivity index (χ1) is 7.74. The van der Waals surface area contributed by atoms with Crippen molar-refractivity contribution in [3.05, 3.63) is 0 Å². The van der Waals surface area contributed by atoms with E-state index in [-0.39, 0.29) is 12.0 Å². The molecule has 2 aliphatic rings. The van der Waals surface area contributed by atoms with E-state index in [9.17, 15) is 8.78 Å². The summed E-state index contributed by atoms with van der Waals surface area (Å²) >= 11 is 0. The summed E-state index contributed by atoms with van der Waals surface area (Å²) in [5.41, 5.74) is -0.506. The van der Waals surface area contributed by atoms with Gasteiger partial charge in [0.15, 0.2) is 0 Å². The second-order valence-corrected chi connectivity index (χ2v) is 6.93. The minimum Gasteiger partial charge on any atom is -0.315 e. The predicted octanol–water partition coefficient (Wildman–Crippen LogP) is 2.35. The summed E-state index contributed by atoms with van der Waals surface area (Å²) in [5, 5.41) is 3.00. The fraction of sp³-hybridized carbons (Fsp3) is 1.00. The maximum Gasteiger partial charge on any atom is 0.268 e. The van der Waals surface area contributed by atoms with Crippen LogP contribution in [0.15, 0.2) is 0 Å². The summed E-state index contributed by atoms with van der Waals surface area (Å²) in [6, 6.07) is 0. The maximum absolute atomic E-state index is 14.1. The Kier molecular flexibility index (Phi) is 3.24. The van der Waals surface area contributed by atoms with Crippen molar-refractivity contribution in [3.63, 3.8) is 0 Å². The van der Waals surface area contributed by atoms with E-state index in [0.717, 1.165) is 19.5 Å². The van der Waals surface area contributed by atoms with Crippen LogP contribution in [0.25, 0.3) is 0 Å². The molecule has 17 heavy (non-hydrogen) atoms. The summed E-state index contributed by atoms with van der Waals surface area (Å²) in [6.07, 6.45) is 1.62. The number of hydrogen-bond donors (Lipinski definition) is 1. The lowest BCUT2D eigenvalue weighted by molar-refractivity contribution is -0.189. The highest BCUT2D eigenvalue weighted by atomic mass is 19.3. The van der Waals surface area contributed by atoms with Crippen LogP contribution < -0.4 is 5.32 Å². The topological polar surface area (TPSA) is 15.3 Å². The molecule has 2 heterocycles. The van der Waals surface area contributed by atoms with Gasteiger partial charge in [0.05, 0.1) is 12.0 Å². The van der Waals surface area contributed by atoms with E-state index in [4.69, 9.17) is 0 Å². The molecule has 2 nitrogen and oxygen atoms in total. The molecule has 1 spiro atoms. The first-order valence-corrected chi connectivity index (χ1v) is 6.55. The van der Waals surface area contributed by atoms with E-state index in [1.54, 1.807) is 0 Å². The van der Waals surface area contributed by atoms with Crippen LogP contribution in [0.3, 0.4) is 0 Å². The highest BCUT2D eigenvalue weighted by Gasteiger charge is 2.59. The van der Waals surface area contributed by atoms with E-state index >= 15 is 0 Å². The lowest BCUT2D eigenvalue weighted by Gasteiger charge is -2.53. The van der Waals surface area contributed by atoms with Gasteiger partial charge in [-0.15, -0.1) is 0 Å². The molecular weight excluding hydrogens is 222 g/mol. The largest absolute Gasteiger partial charge is 0.315 e. The van der Waals surface area contributed by atoms with Crippen molar-refractivity contribution in [2.75, 3.05) is 32.7 Å². The Hall–Kier alpha value is -0.220. The molecule has 0 saturated carbocycles. The Bertz CT molecular complexity index is 280. The van der Waals surface area contributed by atoms with Crippen molar-refractivity contribution in [2.45, 2.75) is 39.5 Å². The molecule has 2 fully saturated rings. The van der Waals surface area contributed by atoms with Crippen LogP contribution in [-0.2, 0) is 0 Å². The third kappa shape index (κ3) is 2.63. The standard InChI is InChI=1S/C13H24F2N2/c1-11(2,3)4-6-17-7-5-12(8-16-9-12)13(14,15)10-17/h16H,4-10H2,1-3H3. The highest BCUT2D eigenvalue weighted by molar-refractivity contribution is 5.06. The number of alkyl halides is 2. The molecule has 0 aromatic rings. The molecule has 0 aromatic heterocycles. The maximum atomic E-state index is 14.1. The Morgan fingerprint density at radius 3 is 2.29 bits per heavy atom. The molecular formula is C13H24F2N2. The van der Waals surface area contributed by atoms with Crippen LogP contribution in [0, 0.1) is 10.8 Å². The normalized spacial score (nSPS) is 28.1. The number of hydrogen-bond acceptors (Lipinski definition) is 2. The molecule has 2 aliphatic heterocycles. The summed E-state index contributed by atoms with van der Waals surface area (Å²) in [5.74, 6) is -2.52. The molecule has 2 rings (SSSR count). The molecule has 1 N–H and O–H groups in total. The van der Waals surface area contributed by atoms with Gasteiger partial charge in [0.2, 0.25) is 0 Å². The van der Waals surface area contributed by atoms with Crippen LogP contribution in [0.4, 0.5) is 8.78 Å². The average Bonchev–Trinajstić information content (AvgIpc) is 2.09. The van der Waals surface area contributed by atoms with Gasteiger partial charge in [0.25, 0.3) is 5.92 Å². The summed E-state index contributed by atoms with van der Waals surface area (Å²) in [7, 11) is 0. The third-order valence-corrected chi connectivity index (χ3v) is 4.21. The van der Waals surface area contributed by atoms with Gasteiger partial charge in [-0.25, -0.2) is 8.78 Å². The molecule has 0 radical (unpaired) electrons. The van der Waals surface area contributed by atoms with Crippen LogP contribution in [0.1, 0.15) is 33.6 Å². The van der Waals surface area contributed by atoms with E-state index in [2.05, 4.69) is 26.1 Å². The van der Waals surface area contributed by atoms with Crippen molar-refractivity contribution in [2.24, 2.45) is 10.8 Å². The molecule has 0 atom stereocenters. The number of nitrogens with one attached hydrogen (secondary N) is 1. The van der Waals surface area contributed by atoms with Crippen molar-refractivity contribution in [1.82, 2.24) is 10.2 Å². The number of halogens is 2. The van der Waals surface area contributed by atoms with Gasteiger partial charge < -0.3 is 5.32 Å². The Balaban J connectivity index is 1.89. The molecule has 0 amide bonds. The average molecular weight is 246 g/mol. The van der Waals surface area contributed by atoms with Crippen LogP contribution in [0.2, 0.25) is 0 Å². The fourth-order valence-electron chi connectivity index (χ4n) is 2.63. The zero-order valence-corrected chi connectivity index (χ0v) is 11.2. The minimum atomic E-state index is -2.52. The van der Waals surface area contributed by atoms with E-state index in [1.165, 1.54) is 0 Å². The minimum absolute atomic E-state index is 0.0508. The number of likely N-dealkylation sites (tertiary alicyclic amines) is 1. The van der Waals surface area contributed by atoms with E-state index < -0.39 is 11.3 Å². The smallest absolute Gasteiger partial charge is 0.268 e. The Morgan fingerprint density at radius 2 is 1.88 bits per heavy atom. The Morgan fingerprint density at radius 1 is 1.24 bits per heavy atom. The van der Waals surface area contributed by atoms with Gasteiger partial charge in [-0.3, -0.25) is 4.90 Å². The number of nitrogens with zero attached hydrogens (tertiary/aromatic N) is 1. The first kappa shape index (κ1) is 13.2. The monoisotopic (exact) mass is 246 g/mol. The van der Waals surface area contributed by atoms with Gasteiger partial charge in [-0.05, 0) is 31.3 Å². The molecule has 2 saturated heterocycles. The second kappa shape index (κ2) is 4.16. The van der Waals surface area contributed by atoms with Crippen LogP contribution >= 0.6 is 0 Å². The molecule has 4 heteroatoms. The Labute approximate surface area is 103 Å². The predicted molar refractivity (Wildman–Crippen MR) is 65.4 cm³/mol. The van der Waals surface area contributed by atoms with Crippen molar-refractivity contribution in [3.8, 4) is 0 Å². The molecule has 0 aromatic carbocycles. The molecule has 0 bridgehead atoms. The van der Waals surface area contributed by atoms with Crippen LogP contribution in [-0.4, -0.2) is 43.5 Å². The van der Waals surface area contributed by atoms with Gasteiger partial charge in [0, 0.05) is 13.1 Å². The zero-order chi connectivity index (χ0) is 12.7. The number of rotatable bonds is 2. The molecule has 100 valence electrons. The van der Waals surface area contributed by atoms with Gasteiger partial charge in [-0.1, -0.05) is 20.8 Å². The van der Waals surface area contributed by atoms with Gasteiger partial charge in [-0.2, -0.15) is 0 Å². The highest BCUT2D eigenvalue weighted by Crippen LogP contribution is 2.46. The van der Waals surface area contributed by atoms with Gasteiger partial charge in [0.1, 0.15) is 0 Å². The fourth-order valence-corrected chi connectivity index (χ4v) is 2.63. The number of piperidine rings is 1. The van der Waals surface area contributed by atoms with E-state index in [0.29, 0.717) is 19.5 Å². The van der Waals surface area contributed by atoms with E-state index in [1.807, 2.05) is 4.90 Å².